The number of rotatable bonds is 3. The zero-order valence-electron chi connectivity index (χ0n) is 10.6. The van der Waals surface area contributed by atoms with E-state index in [1.54, 1.807) is 0 Å². The summed E-state index contributed by atoms with van der Waals surface area (Å²) in [5.74, 6) is 0. The first-order chi connectivity index (χ1) is 9.77. The number of benzene rings is 2. The molecule has 0 saturated carbocycles. The first kappa shape index (κ1) is 17.0. The van der Waals surface area contributed by atoms with Gasteiger partial charge in [0.25, 0.3) is 0 Å². The van der Waals surface area contributed by atoms with Crippen LogP contribution >= 0.6 is 47.8 Å². The third-order valence-corrected chi connectivity index (χ3v) is 4.99. The smallest absolute Gasteiger partial charge is 0.166 e. The molecule has 0 heterocycles. The SMILES string of the molecule is FC(F)(F)c1ccc(CC(Br)c2ccc(Br)cc2Br)cc1. The molecule has 1 atom stereocenters. The second-order valence-electron chi connectivity index (χ2n) is 4.53. The molecule has 0 nitrogen and oxygen atoms in total. The molecular weight excluding hydrogens is 477 g/mol. The maximum atomic E-state index is 12.5. The second-order valence-corrected chi connectivity index (χ2v) is 7.41. The standard InChI is InChI=1S/C15H10Br3F3/c16-11-5-6-12(14(18)8-11)13(17)7-9-1-3-10(4-2-9)15(19,20)21/h1-6,8,13H,7H2. The van der Waals surface area contributed by atoms with Gasteiger partial charge in [0.1, 0.15) is 0 Å². The van der Waals surface area contributed by atoms with Gasteiger partial charge in [0.05, 0.1) is 5.56 Å². The third kappa shape index (κ3) is 4.57. The Kier molecular flexibility index (Phi) is 5.54. The topological polar surface area (TPSA) is 0 Å². The minimum absolute atomic E-state index is 0.0247. The van der Waals surface area contributed by atoms with Crippen molar-refractivity contribution in [2.45, 2.75) is 17.4 Å². The molecular formula is C15H10Br3F3. The summed E-state index contributed by atoms with van der Waals surface area (Å²) in [6, 6.07) is 11.1. The Morgan fingerprint density at radius 3 is 2.10 bits per heavy atom. The molecule has 0 aliphatic carbocycles. The van der Waals surface area contributed by atoms with E-state index in [4.69, 9.17) is 0 Å². The van der Waals surface area contributed by atoms with Gasteiger partial charge in [-0.25, -0.2) is 0 Å². The van der Waals surface area contributed by atoms with Gasteiger partial charge in [-0.2, -0.15) is 13.2 Å². The van der Waals surface area contributed by atoms with Crippen molar-refractivity contribution in [3.63, 3.8) is 0 Å². The fourth-order valence-electron chi connectivity index (χ4n) is 1.90. The molecule has 1 unspecified atom stereocenters. The van der Waals surface area contributed by atoms with Crippen molar-refractivity contribution in [1.29, 1.82) is 0 Å². The van der Waals surface area contributed by atoms with Gasteiger partial charge in [-0.1, -0.05) is 66.0 Å². The number of hydrogen-bond acceptors (Lipinski definition) is 0. The van der Waals surface area contributed by atoms with Gasteiger partial charge in [0.15, 0.2) is 0 Å². The van der Waals surface area contributed by atoms with Crippen LogP contribution in [0.3, 0.4) is 0 Å². The molecule has 0 spiro atoms. The van der Waals surface area contributed by atoms with E-state index < -0.39 is 11.7 Å². The quantitative estimate of drug-likeness (QED) is 0.413. The van der Waals surface area contributed by atoms with Crippen LogP contribution in [-0.4, -0.2) is 0 Å². The minimum atomic E-state index is -4.29. The third-order valence-electron chi connectivity index (χ3n) is 3.00. The number of hydrogen-bond donors (Lipinski definition) is 0. The van der Waals surface area contributed by atoms with Crippen molar-refractivity contribution in [3.05, 3.63) is 68.1 Å². The van der Waals surface area contributed by atoms with Crippen LogP contribution in [0.15, 0.2) is 51.4 Å². The van der Waals surface area contributed by atoms with E-state index in [1.165, 1.54) is 12.1 Å². The van der Waals surface area contributed by atoms with Crippen molar-refractivity contribution in [2.24, 2.45) is 0 Å². The number of halogens is 6. The molecule has 2 rings (SSSR count). The summed E-state index contributed by atoms with van der Waals surface area (Å²) in [6.07, 6.45) is -3.68. The first-order valence-corrected chi connectivity index (χ1v) is 8.52. The second kappa shape index (κ2) is 6.84. The summed E-state index contributed by atoms with van der Waals surface area (Å²) >= 11 is 10.5. The van der Waals surface area contributed by atoms with Crippen molar-refractivity contribution < 1.29 is 13.2 Å². The lowest BCUT2D eigenvalue weighted by Gasteiger charge is -2.13. The van der Waals surface area contributed by atoms with E-state index in [0.717, 1.165) is 32.2 Å². The number of alkyl halides is 4. The van der Waals surface area contributed by atoms with Crippen LogP contribution in [0.4, 0.5) is 13.2 Å². The van der Waals surface area contributed by atoms with Crippen molar-refractivity contribution in [3.8, 4) is 0 Å². The molecule has 0 saturated heterocycles. The zero-order chi connectivity index (χ0) is 15.6. The normalized spacial score (nSPS) is 13.2. The van der Waals surface area contributed by atoms with Crippen LogP contribution in [0.25, 0.3) is 0 Å². The molecule has 0 aliphatic rings. The van der Waals surface area contributed by atoms with Crippen LogP contribution in [0.2, 0.25) is 0 Å². The molecule has 2 aromatic carbocycles. The Morgan fingerprint density at radius 1 is 0.952 bits per heavy atom. The van der Waals surface area contributed by atoms with Crippen LogP contribution in [0.1, 0.15) is 21.5 Å². The molecule has 0 fully saturated rings. The molecule has 0 bridgehead atoms. The Bertz CT molecular complexity index is 621. The molecule has 0 radical (unpaired) electrons. The molecule has 6 heteroatoms. The van der Waals surface area contributed by atoms with E-state index in [2.05, 4.69) is 47.8 Å². The molecule has 0 aliphatic heterocycles. The summed E-state index contributed by atoms with van der Waals surface area (Å²) in [7, 11) is 0. The highest BCUT2D eigenvalue weighted by Gasteiger charge is 2.30. The van der Waals surface area contributed by atoms with Crippen molar-refractivity contribution in [2.75, 3.05) is 0 Å². The first-order valence-electron chi connectivity index (χ1n) is 6.02. The van der Waals surface area contributed by atoms with Gasteiger partial charge < -0.3 is 0 Å². The zero-order valence-corrected chi connectivity index (χ0v) is 15.4. The molecule has 0 aromatic heterocycles. The lowest BCUT2D eigenvalue weighted by Crippen LogP contribution is -2.05. The molecule has 21 heavy (non-hydrogen) atoms. The van der Waals surface area contributed by atoms with Crippen LogP contribution in [0.5, 0.6) is 0 Å². The molecule has 2 aromatic rings. The van der Waals surface area contributed by atoms with Gasteiger partial charge in [0, 0.05) is 13.8 Å². The Balaban J connectivity index is 2.14. The van der Waals surface area contributed by atoms with Crippen LogP contribution < -0.4 is 0 Å². The van der Waals surface area contributed by atoms with Gasteiger partial charge >= 0.3 is 6.18 Å². The van der Waals surface area contributed by atoms with Crippen molar-refractivity contribution >= 4 is 47.8 Å². The molecule has 0 N–H and O–H groups in total. The fraction of sp³-hybridized carbons (Fsp3) is 0.200. The lowest BCUT2D eigenvalue weighted by atomic mass is 10.0. The van der Waals surface area contributed by atoms with E-state index >= 15 is 0 Å². The average Bonchev–Trinajstić information content (AvgIpc) is 2.38. The lowest BCUT2D eigenvalue weighted by molar-refractivity contribution is -0.137. The predicted molar refractivity (Wildman–Crippen MR) is 88.7 cm³/mol. The summed E-state index contributed by atoms with van der Waals surface area (Å²) in [4.78, 5) is 0.0247. The van der Waals surface area contributed by atoms with Crippen molar-refractivity contribution in [1.82, 2.24) is 0 Å². The Hall–Kier alpha value is -0.330. The van der Waals surface area contributed by atoms with Crippen LogP contribution in [0, 0.1) is 0 Å². The Morgan fingerprint density at radius 2 is 1.57 bits per heavy atom. The summed E-state index contributed by atoms with van der Waals surface area (Å²) in [5, 5.41) is 0. The Labute approximate surface area is 146 Å². The highest BCUT2D eigenvalue weighted by Crippen LogP contribution is 2.35. The highest BCUT2D eigenvalue weighted by atomic mass is 79.9. The predicted octanol–water partition coefficient (Wildman–Crippen LogP) is 6.91. The summed E-state index contributed by atoms with van der Waals surface area (Å²) in [5.41, 5.74) is 1.28. The average molecular weight is 487 g/mol. The van der Waals surface area contributed by atoms with Gasteiger partial charge in [0.2, 0.25) is 0 Å². The highest BCUT2D eigenvalue weighted by molar-refractivity contribution is 9.11. The van der Waals surface area contributed by atoms with Crippen LogP contribution in [-0.2, 0) is 12.6 Å². The van der Waals surface area contributed by atoms with Gasteiger partial charge in [-0.3, -0.25) is 0 Å². The molecule has 112 valence electrons. The van der Waals surface area contributed by atoms with E-state index in [1.807, 2.05) is 18.2 Å². The summed E-state index contributed by atoms with van der Waals surface area (Å²) < 4.78 is 39.5. The summed E-state index contributed by atoms with van der Waals surface area (Å²) in [6.45, 7) is 0. The molecule has 0 amide bonds. The van der Waals surface area contributed by atoms with Gasteiger partial charge in [-0.05, 0) is 41.8 Å². The van der Waals surface area contributed by atoms with E-state index in [-0.39, 0.29) is 4.83 Å². The van der Waals surface area contributed by atoms with E-state index in [9.17, 15) is 13.2 Å². The maximum absolute atomic E-state index is 12.5. The monoisotopic (exact) mass is 484 g/mol. The maximum Gasteiger partial charge on any atom is 0.416 e. The van der Waals surface area contributed by atoms with E-state index in [0.29, 0.717) is 6.42 Å². The van der Waals surface area contributed by atoms with Gasteiger partial charge in [-0.15, -0.1) is 0 Å². The fourth-order valence-corrected chi connectivity index (χ4v) is 4.31. The largest absolute Gasteiger partial charge is 0.416 e. The minimum Gasteiger partial charge on any atom is -0.166 e.